The molecule has 6 nitrogen and oxygen atoms in total. The highest BCUT2D eigenvalue weighted by Crippen LogP contribution is 2.40. The topological polar surface area (TPSA) is 65.1 Å². The molecule has 0 spiro atoms. The lowest BCUT2D eigenvalue weighted by Crippen LogP contribution is -2.60. The van der Waals surface area contributed by atoms with Crippen LogP contribution in [0.2, 0.25) is 0 Å². The Balaban J connectivity index is 2.26. The van der Waals surface area contributed by atoms with E-state index in [-0.39, 0.29) is 19.8 Å². The minimum absolute atomic E-state index is 0.0626. The van der Waals surface area contributed by atoms with Gasteiger partial charge in [-0.2, -0.15) is 0 Å². The van der Waals surface area contributed by atoms with Gasteiger partial charge in [-0.1, -0.05) is 36.4 Å². The molecule has 0 bridgehead atoms. The maximum atomic E-state index is 12.9. The highest BCUT2D eigenvalue weighted by Gasteiger charge is 2.59. The smallest absolute Gasteiger partial charge is 0.413 e. The van der Waals surface area contributed by atoms with Crippen LogP contribution >= 0.6 is 0 Å². The number of esters is 1. The molecule has 6 heteroatoms. The minimum Gasteiger partial charge on any atom is -0.464 e. The summed E-state index contributed by atoms with van der Waals surface area (Å²) in [5, 5.41) is 0. The van der Waals surface area contributed by atoms with E-state index in [9.17, 15) is 9.59 Å². The average Bonchev–Trinajstić information content (AvgIpc) is 2.91. The average molecular weight is 361 g/mol. The van der Waals surface area contributed by atoms with E-state index in [1.807, 2.05) is 30.3 Å². The molecule has 1 amide bonds. The lowest BCUT2D eigenvalue weighted by atomic mass is 9.92. The molecule has 2 rings (SSSR count). The second-order valence-corrected chi connectivity index (χ2v) is 6.69. The minimum atomic E-state index is -1.22. The van der Waals surface area contributed by atoms with Crippen LogP contribution in [0.3, 0.4) is 0 Å². The normalized spacial score (nSPS) is 21.3. The fourth-order valence-electron chi connectivity index (χ4n) is 3.16. The van der Waals surface area contributed by atoms with E-state index in [0.717, 1.165) is 5.56 Å². The summed E-state index contributed by atoms with van der Waals surface area (Å²) in [6.07, 6.45) is 2.01. The number of amides is 1. The van der Waals surface area contributed by atoms with Crippen molar-refractivity contribution in [2.45, 2.75) is 51.5 Å². The molecule has 1 fully saturated rings. The van der Waals surface area contributed by atoms with Gasteiger partial charge in [-0.25, -0.2) is 9.59 Å². The largest absolute Gasteiger partial charge is 0.464 e. The van der Waals surface area contributed by atoms with E-state index in [0.29, 0.717) is 12.8 Å². The SMILES string of the molecule is C=CCCC1(C(=O)OCC)COC(C)(C)N1C(=O)OCc1ccccc1. The predicted octanol–water partition coefficient (Wildman–Crippen LogP) is 3.66. The van der Waals surface area contributed by atoms with Gasteiger partial charge >= 0.3 is 12.1 Å². The van der Waals surface area contributed by atoms with E-state index in [4.69, 9.17) is 14.2 Å². The molecule has 1 aliphatic rings. The van der Waals surface area contributed by atoms with Gasteiger partial charge in [-0.05, 0) is 39.2 Å². The van der Waals surface area contributed by atoms with Gasteiger partial charge in [0.1, 0.15) is 12.3 Å². The van der Waals surface area contributed by atoms with E-state index in [2.05, 4.69) is 6.58 Å². The summed E-state index contributed by atoms with van der Waals surface area (Å²) < 4.78 is 16.5. The van der Waals surface area contributed by atoms with E-state index in [1.54, 1.807) is 26.8 Å². The third kappa shape index (κ3) is 4.07. The third-order valence-electron chi connectivity index (χ3n) is 4.44. The summed E-state index contributed by atoms with van der Waals surface area (Å²) in [5.41, 5.74) is -1.34. The van der Waals surface area contributed by atoms with E-state index >= 15 is 0 Å². The molecule has 1 aromatic rings. The molecule has 1 heterocycles. The van der Waals surface area contributed by atoms with Crippen LogP contribution in [-0.4, -0.2) is 41.4 Å². The Morgan fingerprint density at radius 1 is 1.27 bits per heavy atom. The van der Waals surface area contributed by atoms with Gasteiger partial charge < -0.3 is 14.2 Å². The molecule has 142 valence electrons. The van der Waals surface area contributed by atoms with Crippen LogP contribution in [0.1, 0.15) is 39.2 Å². The molecule has 0 radical (unpaired) electrons. The first kappa shape index (κ1) is 20.0. The van der Waals surface area contributed by atoms with Crippen LogP contribution < -0.4 is 0 Å². The van der Waals surface area contributed by atoms with Gasteiger partial charge in [0.25, 0.3) is 0 Å². The van der Waals surface area contributed by atoms with Crippen LogP contribution in [0.4, 0.5) is 4.79 Å². The molecule has 1 unspecified atom stereocenters. The Hall–Kier alpha value is -2.34. The summed E-state index contributed by atoms with van der Waals surface area (Å²) in [4.78, 5) is 27.1. The third-order valence-corrected chi connectivity index (χ3v) is 4.44. The fourth-order valence-corrected chi connectivity index (χ4v) is 3.16. The van der Waals surface area contributed by atoms with Gasteiger partial charge in [-0.3, -0.25) is 4.90 Å². The number of rotatable bonds is 7. The zero-order valence-corrected chi connectivity index (χ0v) is 15.7. The maximum absolute atomic E-state index is 12.9. The van der Waals surface area contributed by atoms with Crippen molar-refractivity contribution in [3.8, 4) is 0 Å². The van der Waals surface area contributed by atoms with Gasteiger partial charge in [0.05, 0.1) is 13.2 Å². The van der Waals surface area contributed by atoms with Crippen molar-refractivity contribution in [3.05, 3.63) is 48.6 Å². The molecular formula is C20H27NO5. The zero-order chi connectivity index (χ0) is 19.2. The van der Waals surface area contributed by atoms with Crippen molar-refractivity contribution in [1.29, 1.82) is 0 Å². The lowest BCUT2D eigenvalue weighted by Gasteiger charge is -2.39. The second-order valence-electron chi connectivity index (χ2n) is 6.69. The molecule has 1 aliphatic heterocycles. The molecule has 0 saturated carbocycles. The quantitative estimate of drug-likeness (QED) is 0.548. The summed E-state index contributed by atoms with van der Waals surface area (Å²) in [7, 11) is 0. The molecule has 1 atom stereocenters. The monoisotopic (exact) mass is 361 g/mol. The highest BCUT2D eigenvalue weighted by atomic mass is 16.6. The Morgan fingerprint density at radius 3 is 2.58 bits per heavy atom. The van der Waals surface area contributed by atoms with Crippen LogP contribution in [0, 0.1) is 0 Å². The fraction of sp³-hybridized carbons (Fsp3) is 0.500. The molecule has 1 saturated heterocycles. The maximum Gasteiger partial charge on any atom is 0.413 e. The van der Waals surface area contributed by atoms with Gasteiger partial charge in [0.15, 0.2) is 5.54 Å². The van der Waals surface area contributed by atoms with Gasteiger partial charge in [0, 0.05) is 0 Å². The summed E-state index contributed by atoms with van der Waals surface area (Å²) >= 11 is 0. The number of allylic oxidation sites excluding steroid dienone is 1. The van der Waals surface area contributed by atoms with Crippen LogP contribution in [-0.2, 0) is 25.6 Å². The highest BCUT2D eigenvalue weighted by molar-refractivity contribution is 5.87. The zero-order valence-electron chi connectivity index (χ0n) is 15.7. The second kappa shape index (κ2) is 8.36. The van der Waals surface area contributed by atoms with Crippen molar-refractivity contribution in [2.24, 2.45) is 0 Å². The van der Waals surface area contributed by atoms with Gasteiger partial charge in [-0.15, -0.1) is 6.58 Å². The lowest BCUT2D eigenvalue weighted by molar-refractivity contribution is -0.157. The van der Waals surface area contributed by atoms with Crippen LogP contribution in [0.15, 0.2) is 43.0 Å². The van der Waals surface area contributed by atoms with E-state index < -0.39 is 23.3 Å². The standard InChI is InChI=1S/C20H27NO5/c1-5-7-13-20(17(22)24-6-2)15-26-19(3,4)21(20)18(23)25-14-16-11-9-8-10-12-16/h5,8-12H,1,6-7,13-15H2,2-4H3. The number of carbonyl (C=O) groups excluding carboxylic acids is 2. The Kier molecular flexibility index (Phi) is 6.42. The number of nitrogens with zero attached hydrogens (tertiary/aromatic N) is 1. The van der Waals surface area contributed by atoms with Crippen molar-refractivity contribution in [2.75, 3.05) is 13.2 Å². The van der Waals surface area contributed by atoms with Gasteiger partial charge in [0.2, 0.25) is 0 Å². The van der Waals surface area contributed by atoms with Crippen molar-refractivity contribution < 1.29 is 23.8 Å². The first-order valence-electron chi connectivity index (χ1n) is 8.80. The number of hydrogen-bond donors (Lipinski definition) is 0. The van der Waals surface area contributed by atoms with Crippen molar-refractivity contribution in [3.63, 3.8) is 0 Å². The summed E-state index contributed by atoms with van der Waals surface area (Å²) in [5.74, 6) is -0.482. The first-order chi connectivity index (χ1) is 12.4. The molecular weight excluding hydrogens is 334 g/mol. The Labute approximate surface area is 154 Å². The molecule has 0 N–H and O–H groups in total. The van der Waals surface area contributed by atoms with Crippen molar-refractivity contribution in [1.82, 2.24) is 4.90 Å². The summed E-state index contributed by atoms with van der Waals surface area (Å²) in [6, 6.07) is 9.38. The number of hydrogen-bond acceptors (Lipinski definition) is 5. The molecule has 1 aromatic carbocycles. The van der Waals surface area contributed by atoms with E-state index in [1.165, 1.54) is 4.90 Å². The Morgan fingerprint density at radius 2 is 1.96 bits per heavy atom. The Bertz CT molecular complexity index is 643. The van der Waals surface area contributed by atoms with Crippen LogP contribution in [0.25, 0.3) is 0 Å². The van der Waals surface area contributed by atoms with Crippen LogP contribution in [0.5, 0.6) is 0 Å². The molecule has 0 aromatic heterocycles. The predicted molar refractivity (Wildman–Crippen MR) is 97.3 cm³/mol. The number of carbonyl (C=O) groups is 2. The molecule has 0 aliphatic carbocycles. The van der Waals surface area contributed by atoms with Crippen molar-refractivity contribution >= 4 is 12.1 Å². The number of benzene rings is 1. The first-order valence-corrected chi connectivity index (χ1v) is 8.80. The molecule has 26 heavy (non-hydrogen) atoms. The number of ether oxygens (including phenoxy) is 3. The summed E-state index contributed by atoms with van der Waals surface area (Å²) in [6.45, 7) is 9.33.